The monoisotopic (exact) mass is 301 g/mol. The van der Waals surface area contributed by atoms with Crippen molar-refractivity contribution in [1.29, 1.82) is 0 Å². The smallest absolute Gasteiger partial charge is 0.306 e. The number of carbonyl (C=O) groups is 1. The predicted octanol–water partition coefficient (Wildman–Crippen LogP) is 2.46. The Balaban J connectivity index is 1.43. The SMILES string of the molecule is O=C(CCCCNCCc1cnc[nH]1)OCc1ccccc1. The summed E-state index contributed by atoms with van der Waals surface area (Å²) in [6.45, 7) is 2.20. The highest BCUT2D eigenvalue weighted by atomic mass is 16.5. The van der Waals surface area contributed by atoms with Crippen LogP contribution in [0.3, 0.4) is 0 Å². The van der Waals surface area contributed by atoms with E-state index in [1.807, 2.05) is 36.5 Å². The molecule has 0 radical (unpaired) electrons. The van der Waals surface area contributed by atoms with Gasteiger partial charge in [0.25, 0.3) is 0 Å². The van der Waals surface area contributed by atoms with Crippen LogP contribution in [0.15, 0.2) is 42.9 Å². The molecule has 2 N–H and O–H groups in total. The van der Waals surface area contributed by atoms with Crippen LogP contribution in [0.2, 0.25) is 0 Å². The summed E-state index contributed by atoms with van der Waals surface area (Å²) in [5.41, 5.74) is 2.16. The first kappa shape index (κ1) is 16.2. The highest BCUT2D eigenvalue weighted by molar-refractivity contribution is 5.69. The van der Waals surface area contributed by atoms with Gasteiger partial charge in [-0.2, -0.15) is 0 Å². The topological polar surface area (TPSA) is 67.0 Å². The summed E-state index contributed by atoms with van der Waals surface area (Å²) in [5.74, 6) is -0.124. The van der Waals surface area contributed by atoms with E-state index in [0.29, 0.717) is 13.0 Å². The van der Waals surface area contributed by atoms with Crippen molar-refractivity contribution in [3.8, 4) is 0 Å². The summed E-state index contributed by atoms with van der Waals surface area (Å²) < 4.78 is 5.23. The van der Waals surface area contributed by atoms with Gasteiger partial charge in [0, 0.05) is 31.3 Å². The molecule has 0 unspecified atom stereocenters. The Morgan fingerprint density at radius 2 is 2.05 bits per heavy atom. The molecule has 0 aliphatic carbocycles. The summed E-state index contributed by atoms with van der Waals surface area (Å²) in [4.78, 5) is 18.7. The first-order valence-electron chi connectivity index (χ1n) is 7.72. The first-order valence-corrected chi connectivity index (χ1v) is 7.72. The Kier molecular flexibility index (Phi) is 7.18. The van der Waals surface area contributed by atoms with E-state index in [9.17, 15) is 4.79 Å². The fourth-order valence-corrected chi connectivity index (χ4v) is 2.10. The Morgan fingerprint density at radius 1 is 1.18 bits per heavy atom. The van der Waals surface area contributed by atoms with E-state index in [4.69, 9.17) is 4.74 Å². The maximum absolute atomic E-state index is 11.6. The fraction of sp³-hybridized carbons (Fsp3) is 0.412. The Morgan fingerprint density at radius 3 is 2.82 bits per heavy atom. The van der Waals surface area contributed by atoms with E-state index in [1.165, 1.54) is 0 Å². The van der Waals surface area contributed by atoms with Crippen molar-refractivity contribution in [2.24, 2.45) is 0 Å². The molecule has 0 saturated heterocycles. The molecule has 22 heavy (non-hydrogen) atoms. The minimum Gasteiger partial charge on any atom is -0.461 e. The van der Waals surface area contributed by atoms with Crippen LogP contribution in [0.4, 0.5) is 0 Å². The van der Waals surface area contributed by atoms with Crippen LogP contribution in [0, 0.1) is 0 Å². The van der Waals surface area contributed by atoms with Gasteiger partial charge in [-0.15, -0.1) is 0 Å². The molecule has 1 aromatic heterocycles. The molecular weight excluding hydrogens is 278 g/mol. The zero-order valence-electron chi connectivity index (χ0n) is 12.8. The second-order valence-corrected chi connectivity index (χ2v) is 5.18. The van der Waals surface area contributed by atoms with Crippen LogP contribution in [-0.4, -0.2) is 29.0 Å². The number of carbonyl (C=O) groups excluding carboxylic acids is 1. The van der Waals surface area contributed by atoms with Gasteiger partial charge in [-0.25, -0.2) is 4.98 Å². The molecule has 2 rings (SSSR count). The second kappa shape index (κ2) is 9.73. The molecule has 0 aliphatic heterocycles. The molecule has 5 nitrogen and oxygen atoms in total. The largest absolute Gasteiger partial charge is 0.461 e. The molecule has 0 saturated carbocycles. The molecule has 2 aromatic rings. The molecule has 5 heteroatoms. The lowest BCUT2D eigenvalue weighted by Crippen LogP contribution is -2.19. The first-order chi connectivity index (χ1) is 10.8. The fourth-order valence-electron chi connectivity index (χ4n) is 2.10. The maximum atomic E-state index is 11.6. The molecule has 1 heterocycles. The number of ether oxygens (including phenoxy) is 1. The minimum absolute atomic E-state index is 0.124. The molecule has 0 bridgehead atoms. The molecule has 0 fully saturated rings. The van der Waals surface area contributed by atoms with Gasteiger partial charge in [-0.05, 0) is 24.9 Å². The third-order valence-corrected chi connectivity index (χ3v) is 3.35. The third-order valence-electron chi connectivity index (χ3n) is 3.35. The number of hydrogen-bond donors (Lipinski definition) is 2. The summed E-state index contributed by atoms with van der Waals surface area (Å²) >= 11 is 0. The van der Waals surface area contributed by atoms with E-state index in [2.05, 4.69) is 15.3 Å². The van der Waals surface area contributed by atoms with Gasteiger partial charge in [-0.3, -0.25) is 4.79 Å². The van der Waals surface area contributed by atoms with Crippen LogP contribution in [0.1, 0.15) is 30.5 Å². The van der Waals surface area contributed by atoms with E-state index in [-0.39, 0.29) is 5.97 Å². The van der Waals surface area contributed by atoms with Gasteiger partial charge < -0.3 is 15.0 Å². The van der Waals surface area contributed by atoms with Crippen molar-refractivity contribution < 1.29 is 9.53 Å². The van der Waals surface area contributed by atoms with E-state index in [0.717, 1.165) is 43.6 Å². The molecule has 0 aliphatic rings. The number of hydrogen-bond acceptors (Lipinski definition) is 4. The molecular formula is C17H23N3O2. The van der Waals surface area contributed by atoms with Gasteiger partial charge in [0.15, 0.2) is 0 Å². The van der Waals surface area contributed by atoms with Crippen molar-refractivity contribution in [2.45, 2.75) is 32.3 Å². The Bertz CT molecular complexity index is 526. The normalized spacial score (nSPS) is 10.5. The highest BCUT2D eigenvalue weighted by Gasteiger charge is 2.03. The van der Waals surface area contributed by atoms with Crippen molar-refractivity contribution in [3.63, 3.8) is 0 Å². The number of benzene rings is 1. The number of nitrogens with one attached hydrogen (secondary N) is 2. The predicted molar refractivity (Wildman–Crippen MR) is 85.3 cm³/mol. The second-order valence-electron chi connectivity index (χ2n) is 5.18. The van der Waals surface area contributed by atoms with Crippen molar-refractivity contribution in [1.82, 2.24) is 15.3 Å². The van der Waals surface area contributed by atoms with E-state index < -0.39 is 0 Å². The minimum atomic E-state index is -0.124. The lowest BCUT2D eigenvalue weighted by Gasteiger charge is -2.06. The van der Waals surface area contributed by atoms with E-state index >= 15 is 0 Å². The van der Waals surface area contributed by atoms with Gasteiger partial charge in [-0.1, -0.05) is 30.3 Å². The molecule has 0 amide bonds. The van der Waals surface area contributed by atoms with E-state index in [1.54, 1.807) is 6.33 Å². The molecule has 0 spiro atoms. The number of aromatic amines is 1. The lowest BCUT2D eigenvalue weighted by atomic mass is 10.2. The standard InChI is InChI=1S/C17H23N3O2/c21-17(22-13-15-6-2-1-3-7-15)8-4-5-10-18-11-9-16-12-19-14-20-16/h1-3,6-7,12,14,18H,4-5,8-11,13H2,(H,19,20). The van der Waals surface area contributed by atoms with Gasteiger partial charge in [0.1, 0.15) is 6.61 Å². The average Bonchev–Trinajstić information content (AvgIpc) is 3.06. The number of unbranched alkanes of at least 4 members (excludes halogenated alkanes) is 1. The number of aromatic nitrogens is 2. The summed E-state index contributed by atoms with van der Waals surface area (Å²) in [5, 5.41) is 3.36. The number of nitrogens with zero attached hydrogens (tertiary/aromatic N) is 1. The maximum Gasteiger partial charge on any atom is 0.306 e. The molecule has 1 aromatic carbocycles. The van der Waals surface area contributed by atoms with Crippen LogP contribution < -0.4 is 5.32 Å². The summed E-state index contributed by atoms with van der Waals surface area (Å²) in [6.07, 6.45) is 6.78. The zero-order chi connectivity index (χ0) is 15.5. The highest BCUT2D eigenvalue weighted by Crippen LogP contribution is 2.03. The number of H-pyrrole nitrogens is 1. The lowest BCUT2D eigenvalue weighted by molar-refractivity contribution is -0.145. The number of rotatable bonds is 10. The Hall–Kier alpha value is -2.14. The summed E-state index contributed by atoms with van der Waals surface area (Å²) in [6, 6.07) is 9.74. The van der Waals surface area contributed by atoms with Crippen LogP contribution >= 0.6 is 0 Å². The molecule has 118 valence electrons. The number of esters is 1. The average molecular weight is 301 g/mol. The van der Waals surface area contributed by atoms with Crippen LogP contribution in [0.5, 0.6) is 0 Å². The van der Waals surface area contributed by atoms with Crippen LogP contribution in [-0.2, 0) is 22.6 Å². The van der Waals surface area contributed by atoms with Gasteiger partial charge in [0.05, 0.1) is 6.33 Å². The van der Waals surface area contributed by atoms with Gasteiger partial charge in [0.2, 0.25) is 0 Å². The van der Waals surface area contributed by atoms with Gasteiger partial charge >= 0.3 is 5.97 Å². The Labute approximate surface area is 131 Å². The quantitative estimate of drug-likeness (QED) is 0.522. The third kappa shape index (κ3) is 6.54. The molecule has 0 atom stereocenters. The number of imidazole rings is 1. The summed E-state index contributed by atoms with van der Waals surface area (Å²) in [7, 11) is 0. The van der Waals surface area contributed by atoms with Crippen LogP contribution in [0.25, 0.3) is 0 Å². The van der Waals surface area contributed by atoms with Crippen molar-refractivity contribution in [3.05, 3.63) is 54.1 Å². The van der Waals surface area contributed by atoms with Crippen molar-refractivity contribution >= 4 is 5.97 Å². The zero-order valence-corrected chi connectivity index (χ0v) is 12.8. The van der Waals surface area contributed by atoms with Crippen molar-refractivity contribution in [2.75, 3.05) is 13.1 Å².